The Balaban J connectivity index is 1.31. The van der Waals surface area contributed by atoms with E-state index >= 15 is 0 Å². The molecule has 0 amide bonds. The van der Waals surface area contributed by atoms with Crippen molar-refractivity contribution in [3.05, 3.63) is 30.5 Å². The molecule has 1 aliphatic carbocycles. The number of imidazole rings is 1. The molecule has 1 aliphatic heterocycles. The molecule has 0 bridgehead atoms. The maximum absolute atomic E-state index is 4.44. The zero-order valence-corrected chi connectivity index (χ0v) is 13.3. The number of nitrogens with zero attached hydrogens (tertiary/aromatic N) is 7. The van der Waals surface area contributed by atoms with Crippen molar-refractivity contribution >= 4 is 22.8 Å². The van der Waals surface area contributed by atoms with Crippen LogP contribution in [0.4, 0.5) is 11.6 Å². The van der Waals surface area contributed by atoms with Crippen molar-refractivity contribution in [2.24, 2.45) is 0 Å². The molecule has 0 unspecified atom stereocenters. The summed E-state index contributed by atoms with van der Waals surface area (Å²) in [6.07, 6.45) is 5.75. The third-order valence-electron chi connectivity index (χ3n) is 4.77. The van der Waals surface area contributed by atoms with E-state index in [0.29, 0.717) is 11.6 Å². The van der Waals surface area contributed by atoms with E-state index in [2.05, 4.69) is 52.1 Å². The number of aromatic nitrogens is 6. The molecule has 2 fully saturated rings. The highest BCUT2D eigenvalue weighted by Crippen LogP contribution is 2.38. The van der Waals surface area contributed by atoms with Gasteiger partial charge in [0.05, 0.1) is 12.0 Å². The van der Waals surface area contributed by atoms with Crippen molar-refractivity contribution in [2.45, 2.75) is 18.8 Å². The molecule has 5 rings (SSSR count). The summed E-state index contributed by atoms with van der Waals surface area (Å²) in [5.74, 6) is 2.54. The average Bonchev–Trinajstić information content (AvgIpc) is 3.38. The average molecular weight is 322 g/mol. The van der Waals surface area contributed by atoms with Gasteiger partial charge in [-0.3, -0.25) is 0 Å². The Kier molecular flexibility index (Phi) is 3.07. The van der Waals surface area contributed by atoms with Gasteiger partial charge >= 0.3 is 0 Å². The molecule has 0 radical (unpaired) electrons. The van der Waals surface area contributed by atoms with Crippen molar-refractivity contribution < 1.29 is 0 Å². The first kappa shape index (κ1) is 13.6. The van der Waals surface area contributed by atoms with Crippen LogP contribution in [0.25, 0.3) is 11.2 Å². The first-order valence-corrected chi connectivity index (χ1v) is 8.36. The third-order valence-corrected chi connectivity index (χ3v) is 4.77. The zero-order valence-electron chi connectivity index (χ0n) is 13.3. The van der Waals surface area contributed by atoms with Crippen molar-refractivity contribution in [1.82, 2.24) is 30.1 Å². The van der Waals surface area contributed by atoms with Crippen LogP contribution in [0.3, 0.4) is 0 Å². The number of aromatic amines is 1. The van der Waals surface area contributed by atoms with Crippen LogP contribution in [0, 0.1) is 0 Å². The lowest BCUT2D eigenvalue weighted by Gasteiger charge is -2.35. The largest absolute Gasteiger partial charge is 0.352 e. The van der Waals surface area contributed by atoms with Gasteiger partial charge in [-0.15, -0.1) is 5.10 Å². The zero-order chi connectivity index (χ0) is 15.9. The number of hydrogen-bond acceptors (Lipinski definition) is 7. The molecule has 8 heteroatoms. The first-order valence-electron chi connectivity index (χ1n) is 8.36. The molecule has 0 atom stereocenters. The van der Waals surface area contributed by atoms with Gasteiger partial charge in [0.25, 0.3) is 0 Å². The maximum Gasteiger partial charge on any atom is 0.182 e. The van der Waals surface area contributed by atoms with E-state index in [0.717, 1.165) is 49.0 Å². The van der Waals surface area contributed by atoms with Gasteiger partial charge in [-0.25, -0.2) is 15.0 Å². The minimum absolute atomic E-state index is 0.651. The van der Waals surface area contributed by atoms with Gasteiger partial charge < -0.3 is 14.8 Å². The van der Waals surface area contributed by atoms with Gasteiger partial charge in [0.2, 0.25) is 0 Å². The summed E-state index contributed by atoms with van der Waals surface area (Å²) in [6, 6.07) is 4.24. The number of piperazine rings is 1. The van der Waals surface area contributed by atoms with E-state index in [1.165, 1.54) is 12.8 Å². The molecule has 4 heterocycles. The fourth-order valence-corrected chi connectivity index (χ4v) is 3.24. The molecule has 0 aromatic carbocycles. The first-order chi connectivity index (χ1) is 11.9. The minimum Gasteiger partial charge on any atom is -0.352 e. The molecule has 0 spiro atoms. The van der Waals surface area contributed by atoms with Crippen LogP contribution in [0.2, 0.25) is 0 Å². The van der Waals surface area contributed by atoms with Crippen molar-refractivity contribution in [3.63, 3.8) is 0 Å². The standard InChI is InChI=1S/C16H18N8/c1-2-11(1)12-3-4-13(22-21-12)23-5-7-24(8-6-23)16-14-15(18-9-17-14)19-10-20-16/h3-4,9-11H,1-2,5-8H2,(H,17,18,19,20). The maximum atomic E-state index is 4.44. The Morgan fingerprint density at radius 3 is 2.50 bits per heavy atom. The van der Waals surface area contributed by atoms with Gasteiger partial charge in [0.1, 0.15) is 11.8 Å². The topological polar surface area (TPSA) is 86.7 Å². The summed E-state index contributed by atoms with van der Waals surface area (Å²) in [6.45, 7) is 3.57. The highest BCUT2D eigenvalue weighted by molar-refractivity contribution is 5.82. The summed E-state index contributed by atoms with van der Waals surface area (Å²) in [7, 11) is 0. The minimum atomic E-state index is 0.651. The monoisotopic (exact) mass is 322 g/mol. The van der Waals surface area contributed by atoms with Crippen LogP contribution < -0.4 is 9.80 Å². The molecule has 122 valence electrons. The van der Waals surface area contributed by atoms with Gasteiger partial charge in [-0.2, -0.15) is 5.10 Å². The van der Waals surface area contributed by atoms with Crippen LogP contribution in [0.5, 0.6) is 0 Å². The summed E-state index contributed by atoms with van der Waals surface area (Å²) >= 11 is 0. The van der Waals surface area contributed by atoms with Gasteiger partial charge in [0, 0.05) is 32.1 Å². The van der Waals surface area contributed by atoms with Crippen LogP contribution in [0.15, 0.2) is 24.8 Å². The number of fused-ring (bicyclic) bond motifs is 1. The number of nitrogens with one attached hydrogen (secondary N) is 1. The lowest BCUT2D eigenvalue weighted by atomic mass is 10.2. The highest BCUT2D eigenvalue weighted by atomic mass is 15.3. The second kappa shape index (κ2) is 5.40. The van der Waals surface area contributed by atoms with E-state index in [1.54, 1.807) is 12.7 Å². The molecule has 1 saturated carbocycles. The molecule has 1 saturated heterocycles. The van der Waals surface area contributed by atoms with Gasteiger partial charge in [-0.1, -0.05) is 0 Å². The van der Waals surface area contributed by atoms with Crippen LogP contribution in [-0.4, -0.2) is 56.3 Å². The second-order valence-electron chi connectivity index (χ2n) is 6.36. The molecule has 2 aliphatic rings. The fraction of sp³-hybridized carbons (Fsp3) is 0.438. The number of hydrogen-bond donors (Lipinski definition) is 1. The lowest BCUT2D eigenvalue weighted by molar-refractivity contribution is 0.638. The number of rotatable bonds is 3. The van der Waals surface area contributed by atoms with E-state index in [9.17, 15) is 0 Å². The number of anilines is 2. The van der Waals surface area contributed by atoms with E-state index in [4.69, 9.17) is 0 Å². The Labute approximate surface area is 139 Å². The van der Waals surface area contributed by atoms with Crippen LogP contribution in [-0.2, 0) is 0 Å². The predicted molar refractivity (Wildman–Crippen MR) is 90.1 cm³/mol. The molecular formula is C16H18N8. The second-order valence-corrected chi connectivity index (χ2v) is 6.36. The number of H-pyrrole nitrogens is 1. The van der Waals surface area contributed by atoms with Gasteiger partial charge in [-0.05, 0) is 25.0 Å². The quantitative estimate of drug-likeness (QED) is 0.778. The normalized spacial score (nSPS) is 18.3. The Morgan fingerprint density at radius 2 is 1.75 bits per heavy atom. The van der Waals surface area contributed by atoms with Crippen LogP contribution in [0.1, 0.15) is 24.5 Å². The molecule has 3 aromatic rings. The molecule has 24 heavy (non-hydrogen) atoms. The SMILES string of the molecule is c1nc(N2CCN(c3ccc(C4CC4)nn3)CC2)c2[nH]cnc2n1. The fourth-order valence-electron chi connectivity index (χ4n) is 3.24. The Morgan fingerprint density at radius 1 is 0.917 bits per heavy atom. The Hall–Kier alpha value is -2.77. The summed E-state index contributed by atoms with van der Waals surface area (Å²) < 4.78 is 0. The predicted octanol–water partition coefficient (Wildman–Crippen LogP) is 1.35. The van der Waals surface area contributed by atoms with E-state index in [1.807, 2.05) is 0 Å². The molecular weight excluding hydrogens is 304 g/mol. The van der Waals surface area contributed by atoms with Crippen molar-refractivity contribution in [2.75, 3.05) is 36.0 Å². The smallest absolute Gasteiger partial charge is 0.182 e. The molecule has 3 aromatic heterocycles. The van der Waals surface area contributed by atoms with Crippen molar-refractivity contribution in [3.8, 4) is 0 Å². The summed E-state index contributed by atoms with van der Waals surface area (Å²) in [5.41, 5.74) is 2.75. The summed E-state index contributed by atoms with van der Waals surface area (Å²) in [5, 5.41) is 8.81. The van der Waals surface area contributed by atoms with Crippen molar-refractivity contribution in [1.29, 1.82) is 0 Å². The Bertz CT molecular complexity index is 846. The molecule has 1 N–H and O–H groups in total. The lowest BCUT2D eigenvalue weighted by Crippen LogP contribution is -2.47. The molecule has 8 nitrogen and oxygen atoms in total. The third kappa shape index (κ3) is 2.34. The van der Waals surface area contributed by atoms with Gasteiger partial charge in [0.15, 0.2) is 17.3 Å². The highest BCUT2D eigenvalue weighted by Gasteiger charge is 2.26. The van der Waals surface area contributed by atoms with Crippen LogP contribution >= 0.6 is 0 Å². The summed E-state index contributed by atoms with van der Waals surface area (Å²) in [4.78, 5) is 20.5. The van der Waals surface area contributed by atoms with E-state index in [-0.39, 0.29) is 0 Å². The van der Waals surface area contributed by atoms with E-state index < -0.39 is 0 Å².